The van der Waals surface area contributed by atoms with Crippen LogP contribution < -0.4 is 10.6 Å². The van der Waals surface area contributed by atoms with Crippen LogP contribution >= 0.6 is 23.8 Å². The zero-order valence-electron chi connectivity index (χ0n) is 11.8. The van der Waals surface area contributed by atoms with E-state index < -0.39 is 0 Å². The second-order valence-corrected chi connectivity index (χ2v) is 5.76. The third kappa shape index (κ3) is 3.95. The van der Waals surface area contributed by atoms with E-state index in [4.69, 9.17) is 23.8 Å². The molecule has 0 amide bonds. The molecule has 0 aliphatic carbocycles. The fraction of sp³-hybridized carbons (Fsp3) is 0.188. The summed E-state index contributed by atoms with van der Waals surface area (Å²) < 4.78 is 0. The third-order valence-corrected chi connectivity index (χ3v) is 3.36. The van der Waals surface area contributed by atoms with E-state index in [0.29, 0.717) is 5.11 Å². The predicted molar refractivity (Wildman–Crippen MR) is 91.9 cm³/mol. The summed E-state index contributed by atoms with van der Waals surface area (Å²) in [7, 11) is 0. The Morgan fingerprint density at radius 3 is 2.20 bits per heavy atom. The molecule has 0 radical (unpaired) electrons. The van der Waals surface area contributed by atoms with E-state index in [1.54, 1.807) is 0 Å². The van der Waals surface area contributed by atoms with Gasteiger partial charge in [-0.1, -0.05) is 17.7 Å². The summed E-state index contributed by atoms with van der Waals surface area (Å²) in [6, 6.07) is 11.9. The molecule has 2 aromatic carbocycles. The molecule has 0 aromatic heterocycles. The average Bonchev–Trinajstić information content (AvgIpc) is 2.31. The monoisotopic (exact) mass is 304 g/mol. The SMILES string of the molecule is Cc1cc(C)cc(NC(=S)Nc2ccc(Cl)cc2C)c1. The van der Waals surface area contributed by atoms with E-state index in [0.717, 1.165) is 22.0 Å². The number of hydrogen-bond donors (Lipinski definition) is 2. The summed E-state index contributed by atoms with van der Waals surface area (Å²) in [5, 5.41) is 7.68. The van der Waals surface area contributed by atoms with Gasteiger partial charge in [0, 0.05) is 16.4 Å². The van der Waals surface area contributed by atoms with E-state index in [2.05, 4.69) is 42.7 Å². The van der Waals surface area contributed by atoms with Crippen molar-refractivity contribution in [1.82, 2.24) is 0 Å². The minimum absolute atomic E-state index is 0.570. The third-order valence-electron chi connectivity index (χ3n) is 2.92. The van der Waals surface area contributed by atoms with Crippen molar-refractivity contribution in [3.8, 4) is 0 Å². The summed E-state index contributed by atoms with van der Waals surface area (Å²) in [5.74, 6) is 0. The highest BCUT2D eigenvalue weighted by Gasteiger charge is 2.03. The lowest BCUT2D eigenvalue weighted by Crippen LogP contribution is -2.19. The van der Waals surface area contributed by atoms with Crippen molar-refractivity contribution >= 4 is 40.3 Å². The summed E-state index contributed by atoms with van der Waals surface area (Å²) in [5.41, 5.74) is 5.42. The maximum Gasteiger partial charge on any atom is 0.175 e. The van der Waals surface area contributed by atoms with Crippen LogP contribution in [0.2, 0.25) is 5.02 Å². The molecule has 0 atom stereocenters. The first-order valence-corrected chi connectivity index (χ1v) is 7.15. The van der Waals surface area contributed by atoms with Gasteiger partial charge >= 0.3 is 0 Å². The van der Waals surface area contributed by atoms with Crippen LogP contribution in [0.15, 0.2) is 36.4 Å². The molecule has 0 saturated carbocycles. The molecule has 0 heterocycles. The highest BCUT2D eigenvalue weighted by atomic mass is 35.5. The van der Waals surface area contributed by atoms with Gasteiger partial charge in [-0.2, -0.15) is 0 Å². The highest BCUT2D eigenvalue weighted by Crippen LogP contribution is 2.20. The Bertz CT molecular complexity index is 633. The molecule has 0 spiro atoms. The fourth-order valence-corrected chi connectivity index (χ4v) is 2.55. The maximum atomic E-state index is 5.94. The van der Waals surface area contributed by atoms with Crippen molar-refractivity contribution in [3.63, 3.8) is 0 Å². The van der Waals surface area contributed by atoms with Gasteiger partial charge in [0.15, 0.2) is 5.11 Å². The minimum Gasteiger partial charge on any atom is -0.332 e. The number of nitrogens with one attached hydrogen (secondary N) is 2. The second-order valence-electron chi connectivity index (χ2n) is 4.91. The number of benzene rings is 2. The Morgan fingerprint density at radius 2 is 1.60 bits per heavy atom. The molecule has 2 aromatic rings. The molecule has 0 aliphatic heterocycles. The van der Waals surface area contributed by atoms with Gasteiger partial charge in [-0.15, -0.1) is 0 Å². The first-order valence-electron chi connectivity index (χ1n) is 6.36. The molecule has 0 aliphatic rings. The number of thiocarbonyl (C=S) groups is 1. The number of anilines is 2. The number of aryl methyl sites for hydroxylation is 3. The molecule has 0 fully saturated rings. The molecule has 2 N–H and O–H groups in total. The quantitative estimate of drug-likeness (QED) is 0.757. The molecule has 2 nitrogen and oxygen atoms in total. The molecule has 20 heavy (non-hydrogen) atoms. The topological polar surface area (TPSA) is 24.1 Å². The minimum atomic E-state index is 0.570. The van der Waals surface area contributed by atoms with Crippen molar-refractivity contribution in [3.05, 3.63) is 58.1 Å². The van der Waals surface area contributed by atoms with Gasteiger partial charge in [0.2, 0.25) is 0 Å². The number of rotatable bonds is 2. The van der Waals surface area contributed by atoms with Gasteiger partial charge in [0.1, 0.15) is 0 Å². The lowest BCUT2D eigenvalue weighted by molar-refractivity contribution is 1.38. The Hall–Kier alpha value is -1.58. The van der Waals surface area contributed by atoms with Crippen LogP contribution in [-0.2, 0) is 0 Å². The predicted octanol–water partition coefficient (Wildman–Crippen LogP) is 5.07. The zero-order valence-corrected chi connectivity index (χ0v) is 13.3. The van der Waals surface area contributed by atoms with Gasteiger partial charge in [0.25, 0.3) is 0 Å². The molecular formula is C16H17ClN2S. The van der Waals surface area contributed by atoms with E-state index in [-0.39, 0.29) is 0 Å². The summed E-state index contributed by atoms with van der Waals surface area (Å²) in [6.45, 7) is 6.13. The Kier molecular flexibility index (Phi) is 4.63. The molecule has 4 heteroatoms. The first kappa shape index (κ1) is 14.8. The van der Waals surface area contributed by atoms with E-state index in [1.807, 2.05) is 25.1 Å². The highest BCUT2D eigenvalue weighted by molar-refractivity contribution is 7.80. The van der Waals surface area contributed by atoms with Gasteiger partial charge in [-0.3, -0.25) is 0 Å². The Labute approximate surface area is 130 Å². The standard InChI is InChI=1S/C16H17ClN2S/c1-10-6-11(2)8-14(7-10)18-16(20)19-15-5-4-13(17)9-12(15)3/h4-9H,1-3H3,(H2,18,19,20). The van der Waals surface area contributed by atoms with Crippen LogP contribution in [0.3, 0.4) is 0 Å². The van der Waals surface area contributed by atoms with Gasteiger partial charge in [-0.05, 0) is 80.0 Å². The molecule has 0 bridgehead atoms. The Balaban J connectivity index is 2.09. The van der Waals surface area contributed by atoms with E-state index >= 15 is 0 Å². The fourth-order valence-electron chi connectivity index (χ4n) is 2.10. The molecular weight excluding hydrogens is 288 g/mol. The Morgan fingerprint density at radius 1 is 0.950 bits per heavy atom. The lowest BCUT2D eigenvalue weighted by atomic mass is 10.1. The van der Waals surface area contributed by atoms with Crippen molar-refractivity contribution < 1.29 is 0 Å². The normalized spacial score (nSPS) is 10.2. The van der Waals surface area contributed by atoms with Gasteiger partial charge in [-0.25, -0.2) is 0 Å². The number of halogens is 1. The smallest absolute Gasteiger partial charge is 0.175 e. The van der Waals surface area contributed by atoms with Crippen LogP contribution in [0.5, 0.6) is 0 Å². The summed E-state index contributed by atoms with van der Waals surface area (Å²) >= 11 is 11.3. The maximum absolute atomic E-state index is 5.94. The molecule has 2 rings (SSSR count). The van der Waals surface area contributed by atoms with Crippen molar-refractivity contribution in [2.75, 3.05) is 10.6 Å². The van der Waals surface area contributed by atoms with E-state index in [1.165, 1.54) is 11.1 Å². The largest absolute Gasteiger partial charge is 0.332 e. The van der Waals surface area contributed by atoms with Gasteiger partial charge < -0.3 is 10.6 Å². The molecule has 104 valence electrons. The van der Waals surface area contributed by atoms with Crippen LogP contribution in [0.25, 0.3) is 0 Å². The van der Waals surface area contributed by atoms with Gasteiger partial charge in [0.05, 0.1) is 0 Å². The molecule has 0 saturated heterocycles. The van der Waals surface area contributed by atoms with Crippen LogP contribution in [0, 0.1) is 20.8 Å². The first-order chi connectivity index (χ1) is 9.44. The van der Waals surface area contributed by atoms with Crippen molar-refractivity contribution in [1.29, 1.82) is 0 Å². The van der Waals surface area contributed by atoms with Crippen molar-refractivity contribution in [2.24, 2.45) is 0 Å². The average molecular weight is 305 g/mol. The lowest BCUT2D eigenvalue weighted by Gasteiger charge is -2.13. The second kappa shape index (κ2) is 6.25. The van der Waals surface area contributed by atoms with Crippen LogP contribution in [-0.4, -0.2) is 5.11 Å². The molecule has 0 unspecified atom stereocenters. The van der Waals surface area contributed by atoms with Crippen LogP contribution in [0.1, 0.15) is 16.7 Å². The van der Waals surface area contributed by atoms with E-state index in [9.17, 15) is 0 Å². The zero-order chi connectivity index (χ0) is 14.7. The van der Waals surface area contributed by atoms with Crippen LogP contribution in [0.4, 0.5) is 11.4 Å². The summed E-state index contributed by atoms with van der Waals surface area (Å²) in [4.78, 5) is 0. The van der Waals surface area contributed by atoms with Crippen molar-refractivity contribution in [2.45, 2.75) is 20.8 Å². The number of hydrogen-bond acceptors (Lipinski definition) is 1. The summed E-state index contributed by atoms with van der Waals surface area (Å²) in [6.07, 6.45) is 0.